The Morgan fingerprint density at radius 1 is 1.21 bits per heavy atom. The summed E-state index contributed by atoms with van der Waals surface area (Å²) in [5.74, 6) is -0.476. The van der Waals surface area contributed by atoms with Gasteiger partial charge in [-0.25, -0.2) is 9.07 Å². The van der Waals surface area contributed by atoms with Gasteiger partial charge in [-0.05, 0) is 53.6 Å². The van der Waals surface area contributed by atoms with Gasteiger partial charge in [-0.2, -0.15) is 0 Å². The van der Waals surface area contributed by atoms with Crippen LogP contribution in [0.5, 0.6) is 0 Å². The molecule has 24 heavy (non-hydrogen) atoms. The summed E-state index contributed by atoms with van der Waals surface area (Å²) >= 11 is 0. The van der Waals surface area contributed by atoms with Crippen molar-refractivity contribution in [1.29, 1.82) is 0 Å². The molecule has 1 aliphatic rings. The summed E-state index contributed by atoms with van der Waals surface area (Å²) in [4.78, 5) is 15.7. The van der Waals surface area contributed by atoms with Crippen LogP contribution in [0.2, 0.25) is 0 Å². The highest BCUT2D eigenvalue weighted by Crippen LogP contribution is 2.36. The monoisotopic (exact) mass is 324 g/mol. The molecule has 0 saturated heterocycles. The second kappa shape index (κ2) is 5.80. The predicted molar refractivity (Wildman–Crippen MR) is 83.7 cm³/mol. The molecule has 120 valence electrons. The second-order valence-electron chi connectivity index (χ2n) is 5.57. The average molecular weight is 324 g/mol. The maximum atomic E-state index is 13.6. The molecule has 0 aliphatic heterocycles. The van der Waals surface area contributed by atoms with Gasteiger partial charge in [0.1, 0.15) is 0 Å². The highest BCUT2D eigenvalue weighted by Gasteiger charge is 2.28. The Morgan fingerprint density at radius 3 is 2.71 bits per heavy atom. The van der Waals surface area contributed by atoms with Crippen LogP contribution in [0, 0.1) is 5.82 Å². The van der Waals surface area contributed by atoms with Crippen molar-refractivity contribution < 1.29 is 9.18 Å². The zero-order valence-corrected chi connectivity index (χ0v) is 12.6. The van der Waals surface area contributed by atoms with E-state index in [-0.39, 0.29) is 5.56 Å². The summed E-state index contributed by atoms with van der Waals surface area (Å²) in [6.07, 6.45) is 4.56. The number of anilines is 1. The van der Waals surface area contributed by atoms with Gasteiger partial charge in [0.15, 0.2) is 11.6 Å². The number of hydrogen-bond acceptors (Lipinski definition) is 5. The molecule has 0 bridgehead atoms. The summed E-state index contributed by atoms with van der Waals surface area (Å²) in [6.45, 7) is 0. The number of halogens is 1. The fourth-order valence-electron chi connectivity index (χ4n) is 2.41. The Hall–Kier alpha value is -3.16. The molecular weight excluding hydrogens is 311 g/mol. The molecule has 7 nitrogen and oxygen atoms in total. The van der Waals surface area contributed by atoms with Crippen LogP contribution >= 0.6 is 0 Å². The Labute approximate surface area is 136 Å². The van der Waals surface area contributed by atoms with Gasteiger partial charge in [-0.1, -0.05) is 0 Å². The molecule has 1 aromatic carbocycles. The fourth-order valence-corrected chi connectivity index (χ4v) is 2.41. The maximum absolute atomic E-state index is 13.6. The first-order valence-electron chi connectivity index (χ1n) is 7.51. The third kappa shape index (κ3) is 2.73. The van der Waals surface area contributed by atoms with E-state index < -0.39 is 11.7 Å². The zero-order chi connectivity index (χ0) is 16.5. The number of amides is 1. The van der Waals surface area contributed by atoms with Crippen LogP contribution < -0.4 is 5.32 Å². The smallest absolute Gasteiger partial charge is 0.258 e. The summed E-state index contributed by atoms with van der Waals surface area (Å²) in [5.41, 5.74) is 1.37. The van der Waals surface area contributed by atoms with Gasteiger partial charge >= 0.3 is 0 Å². The van der Waals surface area contributed by atoms with Crippen molar-refractivity contribution in [2.45, 2.75) is 18.9 Å². The number of tetrazole rings is 1. The van der Waals surface area contributed by atoms with Crippen LogP contribution in [0.4, 0.5) is 10.1 Å². The Kier molecular flexibility index (Phi) is 3.49. The first-order chi connectivity index (χ1) is 11.7. The molecule has 4 rings (SSSR count). The quantitative estimate of drug-likeness (QED) is 0.797. The van der Waals surface area contributed by atoms with Gasteiger partial charge in [0.2, 0.25) is 0 Å². The van der Waals surface area contributed by atoms with Gasteiger partial charge in [-0.3, -0.25) is 9.78 Å². The number of carbonyl (C=O) groups excluding carboxylic acids is 1. The number of carbonyl (C=O) groups is 1. The number of hydrogen-bond donors (Lipinski definition) is 1. The number of nitrogens with one attached hydrogen (secondary N) is 1. The van der Waals surface area contributed by atoms with Crippen molar-refractivity contribution in [3.05, 3.63) is 54.1 Å². The van der Waals surface area contributed by atoms with Crippen molar-refractivity contribution in [3.63, 3.8) is 0 Å². The maximum Gasteiger partial charge on any atom is 0.258 e. The van der Waals surface area contributed by atoms with E-state index in [0.29, 0.717) is 17.6 Å². The summed E-state index contributed by atoms with van der Waals surface area (Å²) < 4.78 is 15.4. The van der Waals surface area contributed by atoms with Crippen molar-refractivity contribution >= 4 is 11.6 Å². The molecule has 2 heterocycles. The van der Waals surface area contributed by atoms with Crippen molar-refractivity contribution in [3.8, 4) is 11.4 Å². The van der Waals surface area contributed by atoms with Crippen LogP contribution in [0.3, 0.4) is 0 Å². The molecule has 0 spiro atoms. The van der Waals surface area contributed by atoms with Gasteiger partial charge in [0, 0.05) is 17.4 Å². The lowest BCUT2D eigenvalue weighted by atomic mass is 10.2. The highest BCUT2D eigenvalue weighted by atomic mass is 19.1. The lowest BCUT2D eigenvalue weighted by Gasteiger charge is -2.07. The summed E-state index contributed by atoms with van der Waals surface area (Å²) in [5, 5.41) is 14.5. The topological polar surface area (TPSA) is 85.6 Å². The zero-order valence-electron chi connectivity index (χ0n) is 12.6. The molecule has 1 aliphatic carbocycles. The first kappa shape index (κ1) is 14.4. The molecule has 2 aromatic heterocycles. The van der Waals surface area contributed by atoms with Gasteiger partial charge in [0.05, 0.1) is 17.8 Å². The number of pyridine rings is 1. The molecule has 0 atom stereocenters. The molecular formula is C16H13FN6O. The number of aromatic nitrogens is 5. The van der Waals surface area contributed by atoms with Crippen LogP contribution in [0.1, 0.15) is 29.2 Å². The largest absolute Gasteiger partial charge is 0.322 e. The Balaban J connectivity index is 1.53. The third-order valence-electron chi connectivity index (χ3n) is 3.80. The highest BCUT2D eigenvalue weighted by molar-refractivity contribution is 6.04. The number of rotatable bonds is 4. The van der Waals surface area contributed by atoms with Crippen LogP contribution in [-0.2, 0) is 0 Å². The molecule has 0 radical (unpaired) electrons. The fraction of sp³-hybridized carbons (Fsp3) is 0.188. The minimum Gasteiger partial charge on any atom is -0.322 e. The minimum absolute atomic E-state index is 0.0493. The molecule has 1 saturated carbocycles. The van der Waals surface area contributed by atoms with E-state index in [1.807, 2.05) is 16.8 Å². The van der Waals surface area contributed by atoms with E-state index in [4.69, 9.17) is 0 Å². The van der Waals surface area contributed by atoms with Gasteiger partial charge in [-0.15, -0.1) is 5.10 Å². The lowest BCUT2D eigenvalue weighted by molar-refractivity contribution is 0.102. The van der Waals surface area contributed by atoms with E-state index in [0.717, 1.165) is 24.6 Å². The van der Waals surface area contributed by atoms with Crippen molar-refractivity contribution in [2.75, 3.05) is 5.32 Å². The van der Waals surface area contributed by atoms with Crippen LogP contribution in [-0.4, -0.2) is 31.1 Å². The van der Waals surface area contributed by atoms with Crippen molar-refractivity contribution in [2.24, 2.45) is 0 Å². The lowest BCUT2D eigenvalue weighted by Crippen LogP contribution is -2.13. The SMILES string of the molecule is O=C(Nc1ccc(-c2nnnn2C2CC2)cc1)c1ccncc1F. The molecule has 8 heteroatoms. The number of nitrogens with zero attached hydrogens (tertiary/aromatic N) is 5. The van der Waals surface area contributed by atoms with E-state index in [1.54, 1.807) is 12.1 Å². The van der Waals surface area contributed by atoms with E-state index in [9.17, 15) is 9.18 Å². The average Bonchev–Trinajstić information content (AvgIpc) is 3.33. The standard InChI is InChI=1S/C16H13FN6O/c17-14-9-18-8-7-13(14)16(24)19-11-3-1-10(2-4-11)15-20-21-22-23(15)12-5-6-12/h1-4,7-9,12H,5-6H2,(H,19,24). The molecule has 1 fully saturated rings. The summed E-state index contributed by atoms with van der Waals surface area (Å²) in [7, 11) is 0. The normalized spacial score (nSPS) is 13.7. The predicted octanol–water partition coefficient (Wildman–Crippen LogP) is 2.46. The van der Waals surface area contributed by atoms with E-state index in [1.165, 1.54) is 12.3 Å². The van der Waals surface area contributed by atoms with E-state index >= 15 is 0 Å². The van der Waals surface area contributed by atoms with E-state index in [2.05, 4.69) is 25.8 Å². The van der Waals surface area contributed by atoms with Crippen LogP contribution in [0.15, 0.2) is 42.7 Å². The molecule has 3 aromatic rings. The first-order valence-corrected chi connectivity index (χ1v) is 7.51. The number of benzene rings is 1. The molecule has 0 unspecified atom stereocenters. The summed E-state index contributed by atoms with van der Waals surface area (Å²) in [6, 6.07) is 8.83. The third-order valence-corrected chi connectivity index (χ3v) is 3.80. The van der Waals surface area contributed by atoms with Crippen molar-refractivity contribution in [1.82, 2.24) is 25.2 Å². The van der Waals surface area contributed by atoms with Gasteiger partial charge in [0.25, 0.3) is 5.91 Å². The Morgan fingerprint density at radius 2 is 2.00 bits per heavy atom. The minimum atomic E-state index is -0.657. The van der Waals surface area contributed by atoms with Gasteiger partial charge < -0.3 is 5.32 Å². The molecule has 1 N–H and O–H groups in total. The second-order valence-corrected chi connectivity index (χ2v) is 5.57. The van der Waals surface area contributed by atoms with Crippen LogP contribution in [0.25, 0.3) is 11.4 Å². The Bertz CT molecular complexity index is 888. The molecule has 1 amide bonds.